The van der Waals surface area contributed by atoms with Crippen molar-refractivity contribution in [3.8, 4) is 17.1 Å². The van der Waals surface area contributed by atoms with E-state index >= 15 is 0 Å². The van der Waals surface area contributed by atoms with Crippen molar-refractivity contribution in [1.82, 2.24) is 9.97 Å². The van der Waals surface area contributed by atoms with Gasteiger partial charge < -0.3 is 9.72 Å². The van der Waals surface area contributed by atoms with Gasteiger partial charge in [-0.1, -0.05) is 54.1 Å². The van der Waals surface area contributed by atoms with E-state index in [-0.39, 0.29) is 5.97 Å². The molecular formula is C27H21ClN2O2. The van der Waals surface area contributed by atoms with Crippen molar-refractivity contribution in [2.24, 2.45) is 0 Å². The minimum absolute atomic E-state index is 0.237. The lowest BCUT2D eigenvalue weighted by atomic mass is 10.0. The number of nitrogens with one attached hydrogen (secondary N) is 1. The van der Waals surface area contributed by atoms with Crippen LogP contribution in [0.2, 0.25) is 5.02 Å². The molecule has 32 heavy (non-hydrogen) atoms. The van der Waals surface area contributed by atoms with Gasteiger partial charge in [-0.15, -0.1) is 0 Å². The molecule has 0 radical (unpaired) electrons. The number of carbonyl (C=O) groups is 1. The molecule has 0 aliphatic heterocycles. The van der Waals surface area contributed by atoms with Crippen LogP contribution in [0, 0.1) is 0 Å². The van der Waals surface area contributed by atoms with Gasteiger partial charge in [-0.05, 0) is 60.9 Å². The predicted octanol–water partition coefficient (Wildman–Crippen LogP) is 6.96. The van der Waals surface area contributed by atoms with E-state index in [4.69, 9.17) is 21.3 Å². The number of ether oxygens (including phenoxy) is 1. The highest BCUT2D eigenvalue weighted by atomic mass is 35.5. The zero-order chi connectivity index (χ0) is 21.9. The van der Waals surface area contributed by atoms with Crippen LogP contribution in [0.1, 0.15) is 18.4 Å². The third-order valence-corrected chi connectivity index (χ3v) is 5.74. The number of benzene rings is 3. The zero-order valence-electron chi connectivity index (χ0n) is 17.3. The third-order valence-electron chi connectivity index (χ3n) is 5.51. The van der Waals surface area contributed by atoms with Crippen molar-refractivity contribution in [3.05, 3.63) is 95.5 Å². The largest absolute Gasteiger partial charge is 0.427 e. The molecule has 0 spiro atoms. The van der Waals surface area contributed by atoms with E-state index in [1.165, 1.54) is 0 Å². The molecule has 4 nitrogen and oxygen atoms in total. The molecule has 0 atom stereocenters. The summed E-state index contributed by atoms with van der Waals surface area (Å²) in [7, 11) is 0. The second-order valence-corrected chi connectivity index (χ2v) is 8.13. The fourth-order valence-corrected chi connectivity index (χ4v) is 4.16. The molecular weight excluding hydrogens is 420 g/mol. The van der Waals surface area contributed by atoms with E-state index in [9.17, 15) is 4.79 Å². The number of carbonyl (C=O) groups excluding carboxylic acids is 1. The fourth-order valence-electron chi connectivity index (χ4n) is 3.98. The molecule has 1 N–H and O–H groups in total. The molecule has 0 saturated heterocycles. The standard InChI is InChI=1S/C27H21ClN2O2/c28-19-14-16-24-22(17-19)21(10-6-12-26(31)32-20-8-2-1-3-9-20)27(30-24)25-15-13-18-7-4-5-11-23(18)29-25/h1-5,7-9,11,13-17,30H,6,10,12H2. The molecule has 0 bridgehead atoms. The molecule has 2 aromatic heterocycles. The first-order valence-electron chi connectivity index (χ1n) is 10.6. The van der Waals surface area contributed by atoms with Crippen LogP contribution in [0.5, 0.6) is 5.75 Å². The number of hydrogen-bond donors (Lipinski definition) is 1. The molecule has 5 aromatic rings. The summed E-state index contributed by atoms with van der Waals surface area (Å²) in [5.74, 6) is 0.330. The van der Waals surface area contributed by atoms with Gasteiger partial charge in [0.05, 0.1) is 16.9 Å². The zero-order valence-corrected chi connectivity index (χ0v) is 18.1. The minimum atomic E-state index is -0.237. The molecule has 5 rings (SSSR count). The van der Waals surface area contributed by atoms with E-state index in [0.29, 0.717) is 30.0 Å². The molecule has 3 aromatic carbocycles. The highest BCUT2D eigenvalue weighted by Gasteiger charge is 2.16. The summed E-state index contributed by atoms with van der Waals surface area (Å²) in [6.45, 7) is 0. The van der Waals surface area contributed by atoms with E-state index in [1.54, 1.807) is 12.1 Å². The fraction of sp³-hybridized carbons (Fsp3) is 0.111. The Kier molecular flexibility index (Phi) is 5.61. The Labute approximate surface area is 190 Å². The van der Waals surface area contributed by atoms with E-state index in [2.05, 4.69) is 17.1 Å². The number of halogens is 1. The number of rotatable bonds is 6. The van der Waals surface area contributed by atoms with Crippen LogP contribution >= 0.6 is 11.6 Å². The highest BCUT2D eigenvalue weighted by molar-refractivity contribution is 6.31. The van der Waals surface area contributed by atoms with Crippen molar-refractivity contribution < 1.29 is 9.53 Å². The average molecular weight is 441 g/mol. The summed E-state index contributed by atoms with van der Waals surface area (Å²) in [4.78, 5) is 20.7. The topological polar surface area (TPSA) is 55.0 Å². The smallest absolute Gasteiger partial charge is 0.311 e. The number of pyridine rings is 1. The van der Waals surface area contributed by atoms with Gasteiger partial charge in [-0.3, -0.25) is 4.79 Å². The van der Waals surface area contributed by atoms with Gasteiger partial charge in [0.1, 0.15) is 5.75 Å². The second kappa shape index (κ2) is 8.85. The van der Waals surface area contributed by atoms with Crippen LogP contribution < -0.4 is 4.74 Å². The van der Waals surface area contributed by atoms with Crippen molar-refractivity contribution in [3.63, 3.8) is 0 Å². The number of fused-ring (bicyclic) bond motifs is 2. The molecule has 5 heteroatoms. The Morgan fingerprint density at radius 2 is 1.75 bits per heavy atom. The number of esters is 1. The quantitative estimate of drug-likeness (QED) is 0.229. The molecule has 0 saturated carbocycles. The van der Waals surface area contributed by atoms with Gasteiger partial charge in [-0.2, -0.15) is 0 Å². The number of aromatic amines is 1. The Morgan fingerprint density at radius 1 is 0.938 bits per heavy atom. The number of aromatic nitrogens is 2. The maximum atomic E-state index is 12.3. The Morgan fingerprint density at radius 3 is 2.62 bits per heavy atom. The second-order valence-electron chi connectivity index (χ2n) is 7.70. The summed E-state index contributed by atoms with van der Waals surface area (Å²) in [5.41, 5.74) is 4.89. The number of aryl methyl sites for hydroxylation is 1. The molecule has 0 amide bonds. The van der Waals surface area contributed by atoms with E-state index in [0.717, 1.165) is 38.8 Å². The summed E-state index contributed by atoms with van der Waals surface area (Å²) in [6.07, 6.45) is 1.69. The maximum absolute atomic E-state index is 12.3. The lowest BCUT2D eigenvalue weighted by Gasteiger charge is -2.07. The Bertz CT molecular complexity index is 1410. The van der Waals surface area contributed by atoms with Gasteiger partial charge >= 0.3 is 5.97 Å². The van der Waals surface area contributed by atoms with Crippen LogP contribution in [0.4, 0.5) is 0 Å². The van der Waals surface area contributed by atoms with Crippen LogP contribution in [0.3, 0.4) is 0 Å². The summed E-state index contributed by atoms with van der Waals surface area (Å²) < 4.78 is 5.42. The summed E-state index contributed by atoms with van der Waals surface area (Å²) in [6, 6.07) is 27.1. The van der Waals surface area contributed by atoms with E-state index in [1.807, 2.05) is 60.7 Å². The summed E-state index contributed by atoms with van der Waals surface area (Å²) in [5, 5.41) is 2.83. The first-order valence-corrected chi connectivity index (χ1v) is 11.0. The number of H-pyrrole nitrogens is 1. The van der Waals surface area contributed by atoms with Crippen molar-refractivity contribution in [1.29, 1.82) is 0 Å². The average Bonchev–Trinajstić information content (AvgIpc) is 3.17. The van der Waals surface area contributed by atoms with Crippen LogP contribution in [0.15, 0.2) is 84.9 Å². The first kappa shape index (κ1) is 20.3. The van der Waals surface area contributed by atoms with Gasteiger partial charge in [-0.25, -0.2) is 4.98 Å². The minimum Gasteiger partial charge on any atom is -0.427 e. The number of nitrogens with zero attached hydrogens (tertiary/aromatic N) is 1. The van der Waals surface area contributed by atoms with Gasteiger partial charge in [0.2, 0.25) is 0 Å². The third kappa shape index (κ3) is 4.23. The van der Waals surface area contributed by atoms with Gasteiger partial charge in [0.15, 0.2) is 0 Å². The van der Waals surface area contributed by atoms with Crippen molar-refractivity contribution in [2.75, 3.05) is 0 Å². The highest BCUT2D eigenvalue weighted by Crippen LogP contribution is 2.33. The van der Waals surface area contributed by atoms with Crippen LogP contribution in [-0.2, 0) is 11.2 Å². The normalized spacial score (nSPS) is 11.2. The van der Waals surface area contributed by atoms with Crippen molar-refractivity contribution in [2.45, 2.75) is 19.3 Å². The molecule has 2 heterocycles. The SMILES string of the molecule is O=C(CCCc1c(-c2ccc3ccccc3n2)[nH]c2ccc(Cl)cc12)Oc1ccccc1. The first-order chi connectivity index (χ1) is 15.7. The number of para-hydroxylation sites is 2. The van der Waals surface area contributed by atoms with Crippen LogP contribution in [0.25, 0.3) is 33.2 Å². The Balaban J connectivity index is 1.43. The molecule has 0 aliphatic carbocycles. The monoisotopic (exact) mass is 440 g/mol. The van der Waals surface area contributed by atoms with Gasteiger partial charge in [0.25, 0.3) is 0 Å². The molecule has 0 fully saturated rings. The summed E-state index contributed by atoms with van der Waals surface area (Å²) >= 11 is 6.30. The Hall–Kier alpha value is -3.63. The number of hydrogen-bond acceptors (Lipinski definition) is 3. The molecule has 0 aliphatic rings. The van der Waals surface area contributed by atoms with Crippen LogP contribution in [-0.4, -0.2) is 15.9 Å². The molecule has 158 valence electrons. The predicted molar refractivity (Wildman–Crippen MR) is 129 cm³/mol. The lowest BCUT2D eigenvalue weighted by molar-refractivity contribution is -0.134. The molecule has 0 unspecified atom stereocenters. The van der Waals surface area contributed by atoms with Gasteiger partial charge in [0, 0.05) is 27.7 Å². The maximum Gasteiger partial charge on any atom is 0.311 e. The van der Waals surface area contributed by atoms with Crippen molar-refractivity contribution >= 4 is 39.4 Å². The van der Waals surface area contributed by atoms with E-state index < -0.39 is 0 Å². The lowest BCUT2D eigenvalue weighted by Crippen LogP contribution is -2.08.